The number of nitrogens with zero attached hydrogens (tertiary/aromatic N) is 1. The van der Waals surface area contributed by atoms with Crippen molar-refractivity contribution in [1.29, 1.82) is 0 Å². The Balaban J connectivity index is 2.03. The minimum Gasteiger partial charge on any atom is -0.361 e. The van der Waals surface area contributed by atoms with E-state index in [1.807, 2.05) is 0 Å². The molecule has 1 aliphatic rings. The molecular formula is C12H22N2O. The van der Waals surface area contributed by atoms with E-state index in [0.717, 1.165) is 12.3 Å². The van der Waals surface area contributed by atoms with Crippen LogP contribution in [0.25, 0.3) is 0 Å². The van der Waals surface area contributed by atoms with Gasteiger partial charge in [-0.25, -0.2) is 5.48 Å². The fourth-order valence-electron chi connectivity index (χ4n) is 1.55. The standard InChI is InChI=1S/C12H22N2O/c1-10-13-11(14-15-10)8-6-5-7-9-12(2,3)4/h1,5-9H2,2-4H3,(H,13,14). The van der Waals surface area contributed by atoms with E-state index in [9.17, 15) is 0 Å². The molecular weight excluding hydrogens is 188 g/mol. The zero-order valence-corrected chi connectivity index (χ0v) is 10.1. The number of aliphatic imine (C=N–C) groups is 1. The smallest absolute Gasteiger partial charge is 0.240 e. The van der Waals surface area contributed by atoms with Gasteiger partial charge in [-0.1, -0.05) is 33.6 Å². The second-order valence-electron chi connectivity index (χ2n) is 5.28. The van der Waals surface area contributed by atoms with E-state index in [1.54, 1.807) is 0 Å². The van der Waals surface area contributed by atoms with Gasteiger partial charge in [0.1, 0.15) is 5.84 Å². The molecule has 0 saturated carbocycles. The van der Waals surface area contributed by atoms with Crippen LogP contribution in [0.1, 0.15) is 52.9 Å². The molecule has 3 nitrogen and oxygen atoms in total. The molecule has 0 atom stereocenters. The molecule has 0 amide bonds. The summed E-state index contributed by atoms with van der Waals surface area (Å²) in [6, 6.07) is 0. The molecule has 0 aliphatic carbocycles. The number of hydroxylamine groups is 1. The number of amidine groups is 1. The van der Waals surface area contributed by atoms with Gasteiger partial charge in [-0.3, -0.25) is 0 Å². The summed E-state index contributed by atoms with van der Waals surface area (Å²) in [6.07, 6.45) is 5.96. The molecule has 0 aromatic rings. The molecule has 1 aliphatic heterocycles. The monoisotopic (exact) mass is 210 g/mol. The number of rotatable bonds is 5. The van der Waals surface area contributed by atoms with Crippen molar-refractivity contribution in [1.82, 2.24) is 5.48 Å². The fourth-order valence-corrected chi connectivity index (χ4v) is 1.55. The highest BCUT2D eigenvalue weighted by Crippen LogP contribution is 2.22. The molecule has 0 spiro atoms. The van der Waals surface area contributed by atoms with Gasteiger partial charge in [-0.2, -0.15) is 4.99 Å². The molecule has 3 heteroatoms. The summed E-state index contributed by atoms with van der Waals surface area (Å²) in [5.41, 5.74) is 3.22. The molecule has 0 fully saturated rings. The fraction of sp³-hybridized carbons (Fsp3) is 0.750. The minimum atomic E-state index is 0.459. The average Bonchev–Trinajstić information content (AvgIpc) is 2.49. The Kier molecular flexibility index (Phi) is 4.18. The van der Waals surface area contributed by atoms with Gasteiger partial charge in [0.15, 0.2) is 0 Å². The first kappa shape index (κ1) is 12.1. The second-order valence-corrected chi connectivity index (χ2v) is 5.28. The van der Waals surface area contributed by atoms with E-state index in [-0.39, 0.29) is 0 Å². The Labute approximate surface area is 92.6 Å². The van der Waals surface area contributed by atoms with Crippen LogP contribution >= 0.6 is 0 Å². The van der Waals surface area contributed by atoms with Crippen LogP contribution in [-0.2, 0) is 4.84 Å². The first-order valence-corrected chi connectivity index (χ1v) is 5.67. The van der Waals surface area contributed by atoms with E-state index >= 15 is 0 Å². The minimum absolute atomic E-state index is 0.459. The highest BCUT2D eigenvalue weighted by molar-refractivity contribution is 5.83. The lowest BCUT2D eigenvalue weighted by Gasteiger charge is -2.17. The number of nitrogens with one attached hydrogen (secondary N) is 1. The van der Waals surface area contributed by atoms with Crippen LogP contribution < -0.4 is 5.48 Å². The predicted octanol–water partition coefficient (Wildman–Crippen LogP) is 3.39. The topological polar surface area (TPSA) is 33.6 Å². The van der Waals surface area contributed by atoms with Gasteiger partial charge < -0.3 is 4.84 Å². The summed E-state index contributed by atoms with van der Waals surface area (Å²) in [7, 11) is 0. The zero-order chi connectivity index (χ0) is 11.3. The maximum atomic E-state index is 4.93. The molecule has 0 aromatic heterocycles. The van der Waals surface area contributed by atoms with Crippen LogP contribution in [0.15, 0.2) is 17.5 Å². The van der Waals surface area contributed by atoms with E-state index in [4.69, 9.17) is 4.84 Å². The Bertz CT molecular complexity index is 251. The number of hydrogen-bond donors (Lipinski definition) is 1. The molecule has 1 N–H and O–H groups in total. The van der Waals surface area contributed by atoms with Crippen molar-refractivity contribution in [3.05, 3.63) is 12.5 Å². The van der Waals surface area contributed by atoms with Gasteiger partial charge in [-0.15, -0.1) is 0 Å². The van der Waals surface area contributed by atoms with Gasteiger partial charge in [0.2, 0.25) is 5.88 Å². The molecule has 0 bridgehead atoms. The predicted molar refractivity (Wildman–Crippen MR) is 63.3 cm³/mol. The second kappa shape index (κ2) is 5.19. The van der Waals surface area contributed by atoms with Crippen LogP contribution in [0.5, 0.6) is 0 Å². The van der Waals surface area contributed by atoms with E-state index in [2.05, 4.69) is 37.8 Å². The molecule has 0 saturated heterocycles. The lowest BCUT2D eigenvalue weighted by atomic mass is 9.89. The Morgan fingerprint density at radius 1 is 1.27 bits per heavy atom. The molecule has 0 unspecified atom stereocenters. The molecule has 15 heavy (non-hydrogen) atoms. The Hall–Kier alpha value is -0.990. The molecule has 1 heterocycles. The molecule has 1 rings (SSSR count). The largest absolute Gasteiger partial charge is 0.361 e. The maximum absolute atomic E-state index is 4.93. The highest BCUT2D eigenvalue weighted by atomic mass is 16.7. The first-order valence-electron chi connectivity index (χ1n) is 5.67. The summed E-state index contributed by atoms with van der Waals surface area (Å²) < 4.78 is 0. The van der Waals surface area contributed by atoms with Gasteiger partial charge in [-0.05, 0) is 24.8 Å². The molecule has 0 aromatic carbocycles. The summed E-state index contributed by atoms with van der Waals surface area (Å²) in [5.74, 6) is 1.38. The summed E-state index contributed by atoms with van der Waals surface area (Å²) in [5, 5.41) is 0. The lowest BCUT2D eigenvalue weighted by molar-refractivity contribution is 0.177. The zero-order valence-electron chi connectivity index (χ0n) is 10.1. The SMILES string of the molecule is C=C1N=C(CCCCCC(C)(C)C)NO1. The average molecular weight is 210 g/mol. The third kappa shape index (κ3) is 5.45. The third-order valence-corrected chi connectivity index (χ3v) is 2.39. The van der Waals surface area contributed by atoms with Crippen LogP contribution in [0.4, 0.5) is 0 Å². The van der Waals surface area contributed by atoms with E-state index in [0.29, 0.717) is 11.3 Å². The highest BCUT2D eigenvalue weighted by Gasteiger charge is 2.11. The lowest BCUT2D eigenvalue weighted by Crippen LogP contribution is -2.15. The number of unbranched alkanes of at least 4 members (excludes halogenated alkanes) is 2. The molecule has 86 valence electrons. The summed E-state index contributed by atoms with van der Waals surface area (Å²) in [6.45, 7) is 10.5. The van der Waals surface area contributed by atoms with Crippen LogP contribution in [0, 0.1) is 5.41 Å². The van der Waals surface area contributed by atoms with Crippen LogP contribution in [0.2, 0.25) is 0 Å². The van der Waals surface area contributed by atoms with Gasteiger partial charge >= 0.3 is 0 Å². The summed E-state index contributed by atoms with van der Waals surface area (Å²) in [4.78, 5) is 9.05. The normalized spacial score (nSPS) is 15.9. The van der Waals surface area contributed by atoms with Gasteiger partial charge in [0.25, 0.3) is 0 Å². The van der Waals surface area contributed by atoms with Crippen molar-refractivity contribution in [2.45, 2.75) is 52.9 Å². The third-order valence-electron chi connectivity index (χ3n) is 2.39. The van der Waals surface area contributed by atoms with Crippen molar-refractivity contribution in [3.63, 3.8) is 0 Å². The van der Waals surface area contributed by atoms with Gasteiger partial charge in [0, 0.05) is 6.42 Å². The molecule has 0 radical (unpaired) electrons. The van der Waals surface area contributed by atoms with Crippen molar-refractivity contribution in [3.8, 4) is 0 Å². The van der Waals surface area contributed by atoms with E-state index < -0.39 is 0 Å². The Morgan fingerprint density at radius 2 is 2.00 bits per heavy atom. The maximum Gasteiger partial charge on any atom is 0.240 e. The van der Waals surface area contributed by atoms with Crippen LogP contribution in [-0.4, -0.2) is 5.84 Å². The van der Waals surface area contributed by atoms with Crippen molar-refractivity contribution >= 4 is 5.84 Å². The van der Waals surface area contributed by atoms with Crippen LogP contribution in [0.3, 0.4) is 0 Å². The van der Waals surface area contributed by atoms with Crippen molar-refractivity contribution in [2.75, 3.05) is 0 Å². The Morgan fingerprint density at radius 3 is 2.53 bits per heavy atom. The quantitative estimate of drug-likeness (QED) is 0.706. The van der Waals surface area contributed by atoms with Gasteiger partial charge in [0.05, 0.1) is 0 Å². The number of hydrogen-bond acceptors (Lipinski definition) is 3. The van der Waals surface area contributed by atoms with Crippen molar-refractivity contribution < 1.29 is 4.84 Å². The first-order chi connectivity index (χ1) is 6.97. The summed E-state index contributed by atoms with van der Waals surface area (Å²) >= 11 is 0. The van der Waals surface area contributed by atoms with Crippen molar-refractivity contribution in [2.24, 2.45) is 10.4 Å². The van der Waals surface area contributed by atoms with E-state index in [1.165, 1.54) is 25.7 Å².